The zero-order valence-corrected chi connectivity index (χ0v) is 9.52. The second-order valence-corrected chi connectivity index (χ2v) is 3.67. The first-order valence-corrected chi connectivity index (χ1v) is 5.23. The van der Waals surface area contributed by atoms with Gasteiger partial charge >= 0.3 is 0 Å². The van der Waals surface area contributed by atoms with Crippen LogP contribution in [-0.4, -0.2) is 12.5 Å². The zero-order chi connectivity index (χ0) is 12.8. The highest BCUT2D eigenvalue weighted by Crippen LogP contribution is 2.19. The van der Waals surface area contributed by atoms with E-state index in [1.807, 2.05) is 6.07 Å². The van der Waals surface area contributed by atoms with Crippen molar-refractivity contribution in [1.29, 1.82) is 5.26 Å². The third-order valence-electron chi connectivity index (χ3n) is 2.01. The topological polar surface area (TPSA) is 52.9 Å². The monoisotopic (exact) mass is 258 g/mol. The largest absolute Gasteiger partial charge is 0.352 e. The number of benzene rings is 1. The summed E-state index contributed by atoms with van der Waals surface area (Å²) in [4.78, 5) is 11.4. The Morgan fingerprint density at radius 2 is 2.12 bits per heavy atom. The fourth-order valence-corrected chi connectivity index (χ4v) is 1.31. The minimum Gasteiger partial charge on any atom is -0.352 e. The van der Waals surface area contributed by atoms with Gasteiger partial charge in [0.1, 0.15) is 11.6 Å². The number of rotatable bonds is 4. The molecule has 0 aliphatic carbocycles. The normalized spacial score (nSPS) is 9.76. The summed E-state index contributed by atoms with van der Waals surface area (Å²) in [5.41, 5.74) is -0.399. The van der Waals surface area contributed by atoms with Gasteiger partial charge in [0.15, 0.2) is 0 Å². The van der Waals surface area contributed by atoms with Crippen molar-refractivity contribution in [3.63, 3.8) is 0 Å². The summed E-state index contributed by atoms with van der Waals surface area (Å²) in [5, 5.41) is 10.3. The summed E-state index contributed by atoms with van der Waals surface area (Å²) in [6.07, 6.45) is 0.748. The first-order chi connectivity index (χ1) is 8.06. The molecule has 0 fully saturated rings. The van der Waals surface area contributed by atoms with Crippen LogP contribution in [-0.2, 0) is 0 Å². The maximum atomic E-state index is 13.3. The first kappa shape index (κ1) is 13.4. The highest BCUT2D eigenvalue weighted by molar-refractivity contribution is 6.30. The molecule has 0 aliphatic rings. The maximum Gasteiger partial charge on any atom is 0.254 e. The standard InChI is InChI=1S/C11H9ClF2N2O/c12-8-6-9(13)7(5-10(8)14)11(17)16-4-2-1-3-15/h5-6H,1-2,4H2,(H,16,17). The molecule has 6 heteroatoms. The minimum atomic E-state index is -0.880. The summed E-state index contributed by atoms with van der Waals surface area (Å²) < 4.78 is 26.3. The highest BCUT2D eigenvalue weighted by Gasteiger charge is 2.14. The van der Waals surface area contributed by atoms with Crippen molar-refractivity contribution in [3.05, 3.63) is 34.4 Å². The van der Waals surface area contributed by atoms with Crippen molar-refractivity contribution in [3.8, 4) is 6.07 Å². The van der Waals surface area contributed by atoms with Gasteiger partial charge in [0.05, 0.1) is 16.7 Å². The number of hydrogen-bond donors (Lipinski definition) is 1. The van der Waals surface area contributed by atoms with E-state index in [0.717, 1.165) is 12.1 Å². The van der Waals surface area contributed by atoms with Crippen LogP contribution >= 0.6 is 11.6 Å². The van der Waals surface area contributed by atoms with E-state index in [1.165, 1.54) is 0 Å². The Morgan fingerprint density at radius 1 is 1.41 bits per heavy atom. The number of carbonyl (C=O) groups excluding carboxylic acids is 1. The molecule has 1 aromatic carbocycles. The van der Waals surface area contributed by atoms with Gasteiger partial charge in [0.2, 0.25) is 0 Å². The van der Waals surface area contributed by atoms with Gasteiger partial charge in [-0.05, 0) is 18.6 Å². The number of halogens is 3. The molecule has 0 atom stereocenters. The molecule has 0 bridgehead atoms. The number of nitrogens with zero attached hydrogens (tertiary/aromatic N) is 1. The van der Waals surface area contributed by atoms with Crippen molar-refractivity contribution in [2.24, 2.45) is 0 Å². The van der Waals surface area contributed by atoms with Crippen LogP contribution in [0.3, 0.4) is 0 Å². The summed E-state index contributed by atoms with van der Waals surface area (Å²) in [6, 6.07) is 3.40. The van der Waals surface area contributed by atoms with Gasteiger partial charge in [0.25, 0.3) is 5.91 Å². The van der Waals surface area contributed by atoms with Crippen molar-refractivity contribution >= 4 is 17.5 Å². The van der Waals surface area contributed by atoms with Crippen molar-refractivity contribution in [2.75, 3.05) is 6.54 Å². The second kappa shape index (κ2) is 6.16. The molecule has 1 aromatic rings. The fraction of sp³-hybridized carbons (Fsp3) is 0.273. The second-order valence-electron chi connectivity index (χ2n) is 3.26. The predicted octanol–water partition coefficient (Wildman–Crippen LogP) is 2.65. The van der Waals surface area contributed by atoms with Crippen molar-refractivity contribution < 1.29 is 13.6 Å². The molecular weight excluding hydrogens is 250 g/mol. The smallest absolute Gasteiger partial charge is 0.254 e. The lowest BCUT2D eigenvalue weighted by Gasteiger charge is -2.05. The van der Waals surface area contributed by atoms with Crippen LogP contribution in [0.25, 0.3) is 0 Å². The van der Waals surface area contributed by atoms with Crippen molar-refractivity contribution in [1.82, 2.24) is 5.32 Å². The van der Waals surface area contributed by atoms with Crippen LogP contribution in [0.5, 0.6) is 0 Å². The third kappa shape index (κ3) is 3.68. The lowest BCUT2D eigenvalue weighted by Crippen LogP contribution is -2.25. The Labute approximate surface area is 102 Å². The van der Waals surface area contributed by atoms with Gasteiger partial charge in [-0.2, -0.15) is 5.26 Å². The van der Waals surface area contributed by atoms with E-state index in [1.54, 1.807) is 0 Å². The van der Waals surface area contributed by atoms with Gasteiger partial charge in [-0.1, -0.05) is 11.6 Å². The third-order valence-corrected chi connectivity index (χ3v) is 2.30. The quantitative estimate of drug-likeness (QED) is 0.667. The van der Waals surface area contributed by atoms with E-state index in [9.17, 15) is 13.6 Å². The van der Waals surface area contributed by atoms with Gasteiger partial charge < -0.3 is 5.32 Å². The molecule has 1 rings (SSSR count). The summed E-state index contributed by atoms with van der Waals surface area (Å²) in [5.74, 6) is -2.46. The average molecular weight is 259 g/mol. The summed E-state index contributed by atoms with van der Waals surface area (Å²) in [7, 11) is 0. The molecule has 1 amide bonds. The molecule has 0 unspecified atom stereocenters. The summed E-state index contributed by atoms with van der Waals surface area (Å²) >= 11 is 5.35. The number of hydrogen-bond acceptors (Lipinski definition) is 2. The number of amides is 1. The molecule has 0 saturated carbocycles. The molecule has 0 aromatic heterocycles. The van der Waals surface area contributed by atoms with Crippen LogP contribution in [0.4, 0.5) is 8.78 Å². The molecule has 90 valence electrons. The molecule has 0 spiro atoms. The van der Waals surface area contributed by atoms with E-state index in [4.69, 9.17) is 16.9 Å². The maximum absolute atomic E-state index is 13.3. The molecule has 0 heterocycles. The molecule has 3 nitrogen and oxygen atoms in total. The number of unbranched alkanes of at least 4 members (excludes halogenated alkanes) is 1. The molecule has 0 aliphatic heterocycles. The lowest BCUT2D eigenvalue weighted by molar-refractivity contribution is 0.0949. The number of carbonyl (C=O) groups is 1. The molecule has 1 N–H and O–H groups in total. The van der Waals surface area contributed by atoms with E-state index >= 15 is 0 Å². The van der Waals surface area contributed by atoms with Gasteiger partial charge in [-0.25, -0.2) is 8.78 Å². The zero-order valence-electron chi connectivity index (χ0n) is 8.77. The van der Waals surface area contributed by atoms with Gasteiger partial charge in [0, 0.05) is 13.0 Å². The van der Waals surface area contributed by atoms with Gasteiger partial charge in [-0.15, -0.1) is 0 Å². The Morgan fingerprint density at radius 3 is 2.76 bits per heavy atom. The number of nitriles is 1. The minimum absolute atomic E-state index is 0.232. The lowest BCUT2D eigenvalue weighted by atomic mass is 10.2. The number of nitrogens with one attached hydrogen (secondary N) is 1. The molecular formula is C11H9ClF2N2O. The van der Waals surface area contributed by atoms with E-state index in [2.05, 4.69) is 5.32 Å². The van der Waals surface area contributed by atoms with Gasteiger partial charge in [-0.3, -0.25) is 4.79 Å². The Kier molecular flexibility index (Phi) is 4.85. The molecule has 0 saturated heterocycles. The van der Waals surface area contributed by atoms with Crippen LogP contribution in [0, 0.1) is 23.0 Å². The Bertz CT molecular complexity index is 471. The Hall–Kier alpha value is -1.67. The predicted molar refractivity (Wildman–Crippen MR) is 58.5 cm³/mol. The first-order valence-electron chi connectivity index (χ1n) is 4.86. The summed E-state index contributed by atoms with van der Waals surface area (Å²) in [6.45, 7) is 0.232. The molecule has 0 radical (unpaired) electrons. The molecule has 17 heavy (non-hydrogen) atoms. The van der Waals surface area contributed by atoms with E-state index in [0.29, 0.717) is 6.42 Å². The van der Waals surface area contributed by atoms with Crippen molar-refractivity contribution in [2.45, 2.75) is 12.8 Å². The Balaban J connectivity index is 2.70. The SMILES string of the molecule is N#CCCCNC(=O)c1cc(F)c(Cl)cc1F. The highest BCUT2D eigenvalue weighted by atomic mass is 35.5. The average Bonchev–Trinajstić information content (AvgIpc) is 2.29. The van der Waals surface area contributed by atoms with Crippen LogP contribution in [0.2, 0.25) is 5.02 Å². The van der Waals surface area contributed by atoms with E-state index < -0.39 is 23.1 Å². The van der Waals surface area contributed by atoms with Crippen LogP contribution in [0.15, 0.2) is 12.1 Å². The van der Waals surface area contributed by atoms with Crippen LogP contribution < -0.4 is 5.32 Å². The van der Waals surface area contributed by atoms with Crippen LogP contribution in [0.1, 0.15) is 23.2 Å². The van der Waals surface area contributed by atoms with E-state index in [-0.39, 0.29) is 18.0 Å². The fourth-order valence-electron chi connectivity index (χ4n) is 1.16.